The maximum atomic E-state index is 12.1. The van der Waals surface area contributed by atoms with Crippen molar-refractivity contribution in [2.45, 2.75) is 26.7 Å². The molecule has 0 fully saturated rings. The highest BCUT2D eigenvalue weighted by atomic mass is 16.1. The van der Waals surface area contributed by atoms with Crippen LogP contribution in [0.1, 0.15) is 36.5 Å². The molecule has 0 saturated carbocycles. The van der Waals surface area contributed by atoms with Crippen LogP contribution in [0.5, 0.6) is 0 Å². The van der Waals surface area contributed by atoms with E-state index in [1.54, 1.807) is 6.08 Å². The quantitative estimate of drug-likeness (QED) is 0.802. The van der Waals surface area contributed by atoms with E-state index in [4.69, 9.17) is 0 Å². The third-order valence-corrected chi connectivity index (χ3v) is 3.40. The summed E-state index contributed by atoms with van der Waals surface area (Å²) in [5.41, 5.74) is 4.19. The standard InChI is InChI=1S/C19H21NO/c1-14(2)17-11-7-8-15(3)19(17)20-18(21)13-12-16-9-5-4-6-10-16/h4-14H,1-3H3,(H,20,21)/b13-12-. The monoisotopic (exact) mass is 279 g/mol. The summed E-state index contributed by atoms with van der Waals surface area (Å²) >= 11 is 0. The zero-order chi connectivity index (χ0) is 15.2. The fourth-order valence-electron chi connectivity index (χ4n) is 2.24. The van der Waals surface area contributed by atoms with Crippen LogP contribution >= 0.6 is 0 Å². The van der Waals surface area contributed by atoms with E-state index in [0.29, 0.717) is 5.92 Å². The molecule has 0 bridgehead atoms. The largest absolute Gasteiger partial charge is 0.322 e. The van der Waals surface area contributed by atoms with Gasteiger partial charge in [0.15, 0.2) is 0 Å². The van der Waals surface area contributed by atoms with E-state index in [2.05, 4.69) is 25.2 Å². The lowest BCUT2D eigenvalue weighted by Crippen LogP contribution is -2.11. The van der Waals surface area contributed by atoms with Crippen molar-refractivity contribution in [1.29, 1.82) is 0 Å². The number of aryl methyl sites for hydroxylation is 1. The Morgan fingerprint density at radius 3 is 2.43 bits per heavy atom. The highest BCUT2D eigenvalue weighted by molar-refractivity contribution is 6.02. The Morgan fingerprint density at radius 1 is 1.05 bits per heavy atom. The van der Waals surface area contributed by atoms with Gasteiger partial charge in [-0.05, 0) is 35.6 Å². The molecular weight excluding hydrogens is 258 g/mol. The van der Waals surface area contributed by atoms with Gasteiger partial charge in [-0.15, -0.1) is 0 Å². The molecule has 0 aliphatic carbocycles. The first-order chi connectivity index (χ1) is 10.1. The lowest BCUT2D eigenvalue weighted by molar-refractivity contribution is -0.111. The fourth-order valence-corrected chi connectivity index (χ4v) is 2.24. The molecule has 0 aromatic heterocycles. The van der Waals surface area contributed by atoms with Crippen molar-refractivity contribution in [3.63, 3.8) is 0 Å². The number of carbonyl (C=O) groups is 1. The molecule has 0 saturated heterocycles. The molecule has 0 aliphatic rings. The average Bonchev–Trinajstić information content (AvgIpc) is 2.48. The molecule has 0 aliphatic heterocycles. The second-order valence-electron chi connectivity index (χ2n) is 5.43. The van der Waals surface area contributed by atoms with Gasteiger partial charge < -0.3 is 5.32 Å². The van der Waals surface area contributed by atoms with Crippen LogP contribution in [0.4, 0.5) is 5.69 Å². The number of benzene rings is 2. The fraction of sp³-hybridized carbons (Fsp3) is 0.211. The topological polar surface area (TPSA) is 29.1 Å². The van der Waals surface area contributed by atoms with Gasteiger partial charge in [0, 0.05) is 11.8 Å². The van der Waals surface area contributed by atoms with Crippen LogP contribution in [0.15, 0.2) is 54.6 Å². The number of carbonyl (C=O) groups excluding carboxylic acids is 1. The van der Waals surface area contributed by atoms with Crippen molar-refractivity contribution >= 4 is 17.7 Å². The highest BCUT2D eigenvalue weighted by Gasteiger charge is 2.10. The van der Waals surface area contributed by atoms with Crippen LogP contribution in [0.2, 0.25) is 0 Å². The molecule has 2 aromatic rings. The average molecular weight is 279 g/mol. The first-order valence-corrected chi connectivity index (χ1v) is 7.21. The molecule has 0 atom stereocenters. The maximum Gasteiger partial charge on any atom is 0.248 e. The SMILES string of the molecule is Cc1cccc(C(C)C)c1NC(=O)/C=C\c1ccccc1. The second kappa shape index (κ2) is 6.89. The minimum atomic E-state index is -0.102. The Balaban J connectivity index is 2.15. The molecule has 2 heteroatoms. The van der Waals surface area contributed by atoms with Gasteiger partial charge in [-0.25, -0.2) is 0 Å². The lowest BCUT2D eigenvalue weighted by Gasteiger charge is -2.15. The smallest absolute Gasteiger partial charge is 0.248 e. The van der Waals surface area contributed by atoms with Gasteiger partial charge in [-0.3, -0.25) is 4.79 Å². The Bertz CT molecular complexity index is 642. The zero-order valence-electron chi connectivity index (χ0n) is 12.8. The molecule has 2 nitrogen and oxygen atoms in total. The van der Waals surface area contributed by atoms with E-state index in [1.807, 2.05) is 55.5 Å². The number of hydrogen-bond donors (Lipinski definition) is 1. The van der Waals surface area contributed by atoms with Crippen molar-refractivity contribution in [2.24, 2.45) is 0 Å². The summed E-state index contributed by atoms with van der Waals surface area (Å²) in [6, 6.07) is 15.9. The van der Waals surface area contributed by atoms with Crippen LogP contribution in [-0.2, 0) is 4.79 Å². The molecule has 0 spiro atoms. The summed E-state index contributed by atoms with van der Waals surface area (Å²) in [4.78, 5) is 12.1. The summed E-state index contributed by atoms with van der Waals surface area (Å²) in [6.07, 6.45) is 3.40. The van der Waals surface area contributed by atoms with E-state index in [-0.39, 0.29) is 5.91 Å². The van der Waals surface area contributed by atoms with Crippen LogP contribution in [-0.4, -0.2) is 5.91 Å². The molecule has 108 valence electrons. The van der Waals surface area contributed by atoms with Gasteiger partial charge in [0.2, 0.25) is 5.91 Å². The Labute approximate surface area is 126 Å². The number of rotatable bonds is 4. The molecule has 21 heavy (non-hydrogen) atoms. The normalized spacial score (nSPS) is 11.0. The molecule has 2 rings (SSSR count). The van der Waals surface area contributed by atoms with Crippen molar-refractivity contribution in [2.75, 3.05) is 5.32 Å². The van der Waals surface area contributed by atoms with Crippen LogP contribution in [0.25, 0.3) is 6.08 Å². The summed E-state index contributed by atoms with van der Waals surface area (Å²) in [5.74, 6) is 0.272. The summed E-state index contributed by atoms with van der Waals surface area (Å²) in [6.45, 7) is 6.27. The molecule has 1 N–H and O–H groups in total. The number of hydrogen-bond acceptors (Lipinski definition) is 1. The molecule has 0 unspecified atom stereocenters. The van der Waals surface area contributed by atoms with Gasteiger partial charge in [0.05, 0.1) is 0 Å². The molecule has 1 amide bonds. The van der Waals surface area contributed by atoms with E-state index in [0.717, 1.165) is 22.4 Å². The third kappa shape index (κ3) is 4.06. The first-order valence-electron chi connectivity index (χ1n) is 7.21. The third-order valence-electron chi connectivity index (χ3n) is 3.40. The van der Waals surface area contributed by atoms with Crippen LogP contribution in [0, 0.1) is 6.92 Å². The van der Waals surface area contributed by atoms with E-state index < -0.39 is 0 Å². The highest BCUT2D eigenvalue weighted by Crippen LogP contribution is 2.27. The molecular formula is C19H21NO. The summed E-state index contributed by atoms with van der Waals surface area (Å²) in [7, 11) is 0. The van der Waals surface area contributed by atoms with Gasteiger partial charge in [0.1, 0.15) is 0 Å². The van der Waals surface area contributed by atoms with Crippen molar-refractivity contribution < 1.29 is 4.79 Å². The van der Waals surface area contributed by atoms with Gasteiger partial charge in [-0.1, -0.05) is 62.4 Å². The first kappa shape index (κ1) is 15.0. The number of para-hydroxylation sites is 1. The zero-order valence-corrected chi connectivity index (χ0v) is 12.8. The Hall–Kier alpha value is -2.35. The minimum absolute atomic E-state index is 0.102. The summed E-state index contributed by atoms with van der Waals surface area (Å²) < 4.78 is 0. The van der Waals surface area contributed by atoms with E-state index in [9.17, 15) is 4.79 Å². The molecule has 0 radical (unpaired) electrons. The van der Waals surface area contributed by atoms with Crippen molar-refractivity contribution in [1.82, 2.24) is 0 Å². The van der Waals surface area contributed by atoms with E-state index >= 15 is 0 Å². The predicted molar refractivity (Wildman–Crippen MR) is 89.4 cm³/mol. The second-order valence-corrected chi connectivity index (χ2v) is 5.43. The van der Waals surface area contributed by atoms with Gasteiger partial charge in [0.25, 0.3) is 0 Å². The van der Waals surface area contributed by atoms with Crippen LogP contribution < -0.4 is 5.32 Å². The minimum Gasteiger partial charge on any atom is -0.322 e. The summed E-state index contributed by atoms with van der Waals surface area (Å²) in [5, 5.41) is 3.00. The Morgan fingerprint density at radius 2 is 1.76 bits per heavy atom. The van der Waals surface area contributed by atoms with E-state index in [1.165, 1.54) is 0 Å². The number of amides is 1. The maximum absolute atomic E-state index is 12.1. The van der Waals surface area contributed by atoms with Crippen molar-refractivity contribution in [3.8, 4) is 0 Å². The number of anilines is 1. The van der Waals surface area contributed by atoms with Gasteiger partial charge in [-0.2, -0.15) is 0 Å². The van der Waals surface area contributed by atoms with Gasteiger partial charge >= 0.3 is 0 Å². The molecule has 0 heterocycles. The Kier molecular flexibility index (Phi) is 4.94. The number of nitrogens with one attached hydrogen (secondary N) is 1. The molecule has 2 aromatic carbocycles. The lowest BCUT2D eigenvalue weighted by atomic mass is 9.98. The van der Waals surface area contributed by atoms with Crippen molar-refractivity contribution in [3.05, 3.63) is 71.3 Å². The van der Waals surface area contributed by atoms with Crippen LogP contribution in [0.3, 0.4) is 0 Å². The predicted octanol–water partition coefficient (Wildman–Crippen LogP) is 4.77.